The van der Waals surface area contributed by atoms with E-state index in [1.165, 1.54) is 11.8 Å². The van der Waals surface area contributed by atoms with E-state index in [9.17, 15) is 24.0 Å². The maximum Gasteiger partial charge on any atom is 0.410 e. The lowest BCUT2D eigenvalue weighted by molar-refractivity contribution is -0.300. The van der Waals surface area contributed by atoms with Gasteiger partial charge in [0, 0.05) is 38.0 Å². The number of nitrogens with zero attached hydrogens (tertiary/aromatic N) is 2. The molecule has 3 heterocycles. The van der Waals surface area contributed by atoms with Crippen LogP contribution in [-0.4, -0.2) is 129 Å². The van der Waals surface area contributed by atoms with Crippen molar-refractivity contribution in [2.75, 3.05) is 34.9 Å². The number of aldehydes is 1. The molecule has 0 unspecified atom stereocenters. The third-order valence-corrected chi connectivity index (χ3v) is 10.6. The number of Topliss-reactive ketones (excluding diaryl/α,β-unsaturated/α-hetero) is 2. The standard InChI is InChI=1S/C34H56N2O11/c1-13-24-34(8)28(36(11)32(41)47-34)20(4)25(38)18(2)17-33(7,43-15-14-37)29(21(5)26(39)22(6)30(40)45-24)46-31-27(42-12)23(35(9)10)16-19(3)44-31/h14,18-24,27-29,31H,13,15-17H2,1-12H3/t18-,19-,20+,21+,22-,23+,24-,27-,28-,29-,31+,33+,34-/m1/s1. The van der Waals surface area contributed by atoms with Gasteiger partial charge in [-0.25, -0.2) is 4.79 Å². The summed E-state index contributed by atoms with van der Waals surface area (Å²) in [5.41, 5.74) is -2.75. The number of likely N-dealkylation sites (N-methyl/N-ethyl adjacent to an activating group) is 2. The molecule has 3 aliphatic heterocycles. The predicted molar refractivity (Wildman–Crippen MR) is 170 cm³/mol. The van der Waals surface area contributed by atoms with Crippen LogP contribution in [0.4, 0.5) is 4.79 Å². The van der Waals surface area contributed by atoms with Crippen LogP contribution in [0.25, 0.3) is 0 Å². The molecule has 0 spiro atoms. The second-order valence-corrected chi connectivity index (χ2v) is 14.3. The highest BCUT2D eigenvalue weighted by molar-refractivity contribution is 6.00. The number of rotatable bonds is 8. The molecule has 13 nitrogen and oxygen atoms in total. The van der Waals surface area contributed by atoms with Crippen molar-refractivity contribution in [2.24, 2.45) is 23.7 Å². The van der Waals surface area contributed by atoms with Crippen molar-refractivity contribution < 1.29 is 52.4 Å². The minimum absolute atomic E-state index is 0.0569. The molecule has 3 fully saturated rings. The first-order chi connectivity index (χ1) is 21.9. The van der Waals surface area contributed by atoms with Crippen molar-refractivity contribution in [3.8, 4) is 0 Å². The number of ether oxygens (including phenoxy) is 6. The van der Waals surface area contributed by atoms with Crippen LogP contribution in [0.1, 0.15) is 74.7 Å². The Morgan fingerprint density at radius 3 is 2.21 bits per heavy atom. The Morgan fingerprint density at radius 1 is 1.02 bits per heavy atom. The third-order valence-electron chi connectivity index (χ3n) is 10.6. The van der Waals surface area contributed by atoms with E-state index < -0.39 is 83.4 Å². The molecule has 3 rings (SSSR count). The van der Waals surface area contributed by atoms with E-state index in [1.807, 2.05) is 25.9 Å². The van der Waals surface area contributed by atoms with Crippen molar-refractivity contribution in [1.29, 1.82) is 0 Å². The second-order valence-electron chi connectivity index (χ2n) is 14.3. The van der Waals surface area contributed by atoms with E-state index in [2.05, 4.69) is 0 Å². The highest BCUT2D eigenvalue weighted by Gasteiger charge is 2.59. The molecule has 1 amide bonds. The summed E-state index contributed by atoms with van der Waals surface area (Å²) in [4.78, 5) is 70.1. The lowest BCUT2D eigenvalue weighted by atomic mass is 9.73. The molecule has 3 saturated heterocycles. The van der Waals surface area contributed by atoms with Gasteiger partial charge in [-0.15, -0.1) is 0 Å². The quantitative estimate of drug-likeness (QED) is 0.213. The van der Waals surface area contributed by atoms with Crippen LogP contribution in [0.5, 0.6) is 0 Å². The summed E-state index contributed by atoms with van der Waals surface area (Å²) in [6.45, 7) is 13.4. The number of cyclic esters (lactones) is 1. The van der Waals surface area contributed by atoms with Gasteiger partial charge in [0.2, 0.25) is 0 Å². The smallest absolute Gasteiger partial charge is 0.410 e. The molecule has 47 heavy (non-hydrogen) atoms. The number of methoxy groups -OCH3 is 1. The van der Waals surface area contributed by atoms with Gasteiger partial charge in [-0.2, -0.15) is 0 Å². The minimum Gasteiger partial charge on any atom is -0.458 e. The summed E-state index contributed by atoms with van der Waals surface area (Å²) in [6, 6.07) is -0.850. The zero-order valence-electron chi connectivity index (χ0n) is 30.1. The fourth-order valence-corrected chi connectivity index (χ4v) is 8.04. The fraction of sp³-hybridized carbons (Fsp3) is 0.853. The van der Waals surface area contributed by atoms with Gasteiger partial charge in [-0.1, -0.05) is 27.7 Å². The first-order valence-corrected chi connectivity index (χ1v) is 16.7. The van der Waals surface area contributed by atoms with Crippen LogP contribution in [-0.2, 0) is 47.6 Å². The molecule has 0 aliphatic carbocycles. The number of ketones is 2. The first-order valence-electron chi connectivity index (χ1n) is 16.7. The Kier molecular flexibility index (Phi) is 12.8. The largest absolute Gasteiger partial charge is 0.458 e. The number of hydrogen-bond donors (Lipinski definition) is 0. The van der Waals surface area contributed by atoms with Gasteiger partial charge in [-0.05, 0) is 61.1 Å². The number of esters is 1. The molecule has 3 aliphatic rings. The Hall–Kier alpha value is -2.45. The SMILES string of the molecule is CC[C@H]1OC(=O)[C@H](C)C(=O)[C@H](C)[C@@H](O[C@@H]2O[C@H](C)C[C@H](N(C)C)[C@H]2OC)[C@@](C)(OCC=O)C[C@@H](C)C(=O)[C@H](C)[C@H]2N(C)C(=O)O[C@]12C. The van der Waals surface area contributed by atoms with Crippen LogP contribution in [0.2, 0.25) is 0 Å². The number of carbonyl (C=O) groups is 5. The molecule has 0 aromatic heterocycles. The molecule has 0 N–H and O–H groups in total. The molecule has 0 aromatic carbocycles. The monoisotopic (exact) mass is 668 g/mol. The van der Waals surface area contributed by atoms with Crippen molar-refractivity contribution in [3.05, 3.63) is 0 Å². The second kappa shape index (κ2) is 15.4. The van der Waals surface area contributed by atoms with E-state index in [1.54, 1.807) is 55.7 Å². The highest BCUT2D eigenvalue weighted by atomic mass is 16.7. The lowest BCUT2D eigenvalue weighted by Crippen LogP contribution is -2.60. The molecule has 0 bridgehead atoms. The van der Waals surface area contributed by atoms with Crippen LogP contribution >= 0.6 is 0 Å². The molecular formula is C34H56N2O11. The molecule has 0 radical (unpaired) electrons. The average Bonchev–Trinajstić information content (AvgIpc) is 3.25. The van der Waals surface area contributed by atoms with E-state index in [0.29, 0.717) is 12.7 Å². The Labute approximate surface area is 279 Å². The van der Waals surface area contributed by atoms with Gasteiger partial charge in [0.15, 0.2) is 17.7 Å². The Balaban J connectivity index is 2.18. The number of amides is 1. The summed E-state index contributed by atoms with van der Waals surface area (Å²) < 4.78 is 36.9. The molecule has 0 aromatic rings. The van der Waals surface area contributed by atoms with Gasteiger partial charge in [0.05, 0.1) is 23.9 Å². The zero-order valence-corrected chi connectivity index (χ0v) is 30.1. The predicted octanol–water partition coefficient (Wildman–Crippen LogP) is 3.04. The summed E-state index contributed by atoms with van der Waals surface area (Å²) in [5.74, 6) is -5.09. The average molecular weight is 669 g/mol. The van der Waals surface area contributed by atoms with Crippen molar-refractivity contribution in [1.82, 2.24) is 9.80 Å². The third kappa shape index (κ3) is 7.74. The molecular weight excluding hydrogens is 612 g/mol. The van der Waals surface area contributed by atoms with E-state index in [0.717, 1.165) is 0 Å². The normalized spacial score (nSPS) is 42.5. The van der Waals surface area contributed by atoms with Gasteiger partial charge in [0.1, 0.15) is 36.8 Å². The van der Waals surface area contributed by atoms with Crippen molar-refractivity contribution in [2.45, 2.75) is 129 Å². The summed E-state index contributed by atoms with van der Waals surface area (Å²) >= 11 is 0. The summed E-state index contributed by atoms with van der Waals surface area (Å²) in [5, 5.41) is 0. The number of hydrogen-bond acceptors (Lipinski definition) is 12. The van der Waals surface area contributed by atoms with Crippen molar-refractivity contribution in [3.63, 3.8) is 0 Å². The van der Waals surface area contributed by atoms with Gasteiger partial charge >= 0.3 is 12.1 Å². The van der Waals surface area contributed by atoms with Gasteiger partial charge in [-0.3, -0.25) is 14.4 Å². The molecule has 268 valence electrons. The fourth-order valence-electron chi connectivity index (χ4n) is 8.04. The lowest BCUT2D eigenvalue weighted by Gasteiger charge is -2.48. The van der Waals surface area contributed by atoms with E-state index in [4.69, 9.17) is 28.4 Å². The Morgan fingerprint density at radius 2 is 1.66 bits per heavy atom. The summed E-state index contributed by atoms with van der Waals surface area (Å²) in [7, 11) is 6.99. The van der Waals surface area contributed by atoms with Gasteiger partial charge in [0.25, 0.3) is 0 Å². The van der Waals surface area contributed by atoms with Crippen LogP contribution in [0.3, 0.4) is 0 Å². The maximum atomic E-state index is 14.2. The molecule has 13 heteroatoms. The van der Waals surface area contributed by atoms with Crippen LogP contribution in [0, 0.1) is 23.7 Å². The summed E-state index contributed by atoms with van der Waals surface area (Å²) in [6.07, 6.45) is -2.75. The maximum absolute atomic E-state index is 14.2. The molecule has 0 saturated carbocycles. The highest BCUT2D eigenvalue weighted by Crippen LogP contribution is 2.42. The van der Waals surface area contributed by atoms with E-state index >= 15 is 0 Å². The van der Waals surface area contributed by atoms with Crippen molar-refractivity contribution >= 4 is 29.9 Å². The minimum atomic E-state index is -1.39. The molecule has 13 atom stereocenters. The Bertz CT molecular complexity index is 1160. The zero-order chi connectivity index (χ0) is 35.6. The van der Waals surface area contributed by atoms with Crippen LogP contribution < -0.4 is 0 Å². The number of carbonyl (C=O) groups excluding carboxylic acids is 5. The van der Waals surface area contributed by atoms with E-state index in [-0.39, 0.29) is 37.4 Å². The van der Waals surface area contributed by atoms with Gasteiger partial charge < -0.3 is 43.0 Å². The topological polar surface area (TPSA) is 147 Å². The van der Waals surface area contributed by atoms with Crippen LogP contribution in [0.15, 0.2) is 0 Å². The first kappa shape index (κ1) is 39.0. The number of fused-ring (bicyclic) bond motifs is 1.